The Morgan fingerprint density at radius 1 is 1.21 bits per heavy atom. The van der Waals surface area contributed by atoms with Crippen LogP contribution in [0.1, 0.15) is 28.1 Å². The summed E-state index contributed by atoms with van der Waals surface area (Å²) in [5.74, 6) is -0.948. The van der Waals surface area contributed by atoms with Crippen LogP contribution in [0, 0.1) is 24.0 Å². The molecule has 0 spiro atoms. The number of anilines is 1. The van der Waals surface area contributed by atoms with E-state index in [-0.39, 0.29) is 18.2 Å². The molecule has 0 N–H and O–H groups in total. The Kier molecular flexibility index (Phi) is 7.34. The predicted octanol–water partition coefficient (Wildman–Crippen LogP) is 4.43. The number of aromatic nitrogens is 1. The summed E-state index contributed by atoms with van der Waals surface area (Å²) in [5, 5.41) is 11.4. The fourth-order valence-corrected chi connectivity index (χ4v) is 3.88. The Bertz CT molecular complexity index is 1030. The van der Waals surface area contributed by atoms with E-state index in [1.807, 2.05) is 45.0 Å². The van der Waals surface area contributed by atoms with Crippen LogP contribution in [0.3, 0.4) is 0 Å². The van der Waals surface area contributed by atoms with Crippen LogP contribution in [0.4, 0.5) is 11.0 Å². The first-order valence-electron chi connectivity index (χ1n) is 8.85. The molecule has 2 heterocycles. The second-order valence-corrected chi connectivity index (χ2v) is 7.87. The Morgan fingerprint density at radius 2 is 1.93 bits per heavy atom. The molecule has 3 aromatic rings. The number of carbonyl (C=O) groups excluding carboxylic acids is 1. The Morgan fingerprint density at radius 3 is 2.55 bits per heavy atom. The monoisotopic (exact) mass is 438 g/mol. The zero-order valence-corrected chi connectivity index (χ0v) is 18.3. The lowest BCUT2D eigenvalue weighted by atomic mass is 10.1. The van der Waals surface area contributed by atoms with Gasteiger partial charge in [0.25, 0.3) is 5.91 Å². The normalized spacial score (nSPS) is 10.9. The van der Waals surface area contributed by atoms with Crippen LogP contribution >= 0.6 is 23.7 Å². The van der Waals surface area contributed by atoms with Crippen molar-refractivity contribution in [3.05, 3.63) is 51.3 Å². The fraction of sp³-hybridized carbons (Fsp3) is 0.368. The van der Waals surface area contributed by atoms with E-state index in [0.717, 1.165) is 34.3 Å². The molecule has 156 valence electrons. The minimum absolute atomic E-state index is 0. The SMILES string of the molecule is Cc1ccc2sc(N(CCCN(C)C)C(=O)c3ccc([N+](=O)[O-])o3)nc2c1C.Cl. The summed E-state index contributed by atoms with van der Waals surface area (Å²) in [5.41, 5.74) is 3.08. The Hall–Kier alpha value is -2.49. The van der Waals surface area contributed by atoms with Crippen LogP contribution in [0.15, 0.2) is 28.7 Å². The lowest BCUT2D eigenvalue weighted by Gasteiger charge is -2.19. The zero-order chi connectivity index (χ0) is 20.4. The van der Waals surface area contributed by atoms with Gasteiger partial charge in [0.05, 0.1) is 16.3 Å². The average Bonchev–Trinajstić information content (AvgIpc) is 3.28. The summed E-state index contributed by atoms with van der Waals surface area (Å²) in [6.45, 7) is 5.26. The number of carbonyl (C=O) groups is 1. The molecule has 0 bridgehead atoms. The van der Waals surface area contributed by atoms with Crippen molar-refractivity contribution >= 4 is 50.9 Å². The van der Waals surface area contributed by atoms with Crippen LogP contribution < -0.4 is 4.90 Å². The number of rotatable bonds is 7. The quantitative estimate of drug-likeness (QED) is 0.400. The second-order valence-electron chi connectivity index (χ2n) is 6.86. The number of halogens is 1. The van der Waals surface area contributed by atoms with Crippen LogP contribution in [0.5, 0.6) is 0 Å². The molecule has 0 fully saturated rings. The molecule has 0 aliphatic carbocycles. The van der Waals surface area contributed by atoms with Gasteiger partial charge in [-0.05, 0) is 64.2 Å². The molecular formula is C19H23ClN4O4S. The summed E-state index contributed by atoms with van der Waals surface area (Å²) < 4.78 is 6.12. The highest BCUT2D eigenvalue weighted by atomic mass is 35.5. The van der Waals surface area contributed by atoms with Crippen molar-refractivity contribution in [1.82, 2.24) is 9.88 Å². The van der Waals surface area contributed by atoms with Crippen molar-refractivity contribution < 1.29 is 14.1 Å². The second kappa shape index (κ2) is 9.34. The first-order chi connectivity index (χ1) is 13.3. The van der Waals surface area contributed by atoms with Gasteiger partial charge in [-0.2, -0.15) is 0 Å². The third-order valence-electron chi connectivity index (χ3n) is 4.52. The van der Waals surface area contributed by atoms with Crippen molar-refractivity contribution in [2.24, 2.45) is 0 Å². The number of fused-ring (bicyclic) bond motifs is 1. The van der Waals surface area contributed by atoms with Crippen molar-refractivity contribution in [2.45, 2.75) is 20.3 Å². The molecular weight excluding hydrogens is 416 g/mol. The number of hydrogen-bond acceptors (Lipinski definition) is 7. The average molecular weight is 439 g/mol. The molecule has 0 radical (unpaired) electrons. The van der Waals surface area contributed by atoms with Gasteiger partial charge in [-0.3, -0.25) is 19.8 Å². The molecule has 0 saturated heterocycles. The van der Waals surface area contributed by atoms with E-state index in [1.165, 1.54) is 23.5 Å². The number of nitrogens with zero attached hydrogens (tertiary/aromatic N) is 4. The predicted molar refractivity (Wildman–Crippen MR) is 117 cm³/mol. The van der Waals surface area contributed by atoms with Crippen molar-refractivity contribution in [3.8, 4) is 0 Å². The Labute approximate surface area is 178 Å². The van der Waals surface area contributed by atoms with Gasteiger partial charge in [-0.1, -0.05) is 17.4 Å². The molecule has 0 aliphatic heterocycles. The van der Waals surface area contributed by atoms with Gasteiger partial charge in [-0.15, -0.1) is 12.4 Å². The highest BCUT2D eigenvalue weighted by molar-refractivity contribution is 7.22. The number of nitro groups is 1. The number of benzene rings is 1. The van der Waals surface area contributed by atoms with E-state index in [0.29, 0.717) is 11.7 Å². The zero-order valence-electron chi connectivity index (χ0n) is 16.7. The minimum atomic E-state index is -0.656. The largest absolute Gasteiger partial charge is 0.433 e. The highest BCUT2D eigenvalue weighted by Crippen LogP contribution is 2.33. The number of thiazole rings is 1. The molecule has 0 saturated carbocycles. The highest BCUT2D eigenvalue weighted by Gasteiger charge is 2.26. The third-order valence-corrected chi connectivity index (χ3v) is 5.56. The summed E-state index contributed by atoms with van der Waals surface area (Å²) in [6.07, 6.45) is 0.732. The van der Waals surface area contributed by atoms with E-state index >= 15 is 0 Å². The maximum Gasteiger partial charge on any atom is 0.433 e. The molecule has 1 aromatic carbocycles. The smallest absolute Gasteiger partial charge is 0.395 e. The number of hydrogen-bond donors (Lipinski definition) is 0. The van der Waals surface area contributed by atoms with E-state index in [1.54, 1.807) is 4.90 Å². The standard InChI is InChI=1S/C19H22N4O4S.ClH/c1-12-6-8-15-17(13(12)2)20-19(28-15)22(11-5-10-21(3)4)18(24)14-7-9-16(27-14)23(25)26;/h6-9H,5,10-11H2,1-4H3;1H. The van der Waals surface area contributed by atoms with Crippen molar-refractivity contribution in [1.29, 1.82) is 0 Å². The summed E-state index contributed by atoms with van der Waals surface area (Å²) in [7, 11) is 3.93. The van der Waals surface area contributed by atoms with E-state index in [4.69, 9.17) is 9.40 Å². The lowest BCUT2D eigenvalue weighted by Crippen LogP contribution is -2.33. The first kappa shape index (κ1) is 22.8. The van der Waals surface area contributed by atoms with Crippen LogP contribution in [-0.4, -0.2) is 47.9 Å². The Balaban J connectivity index is 0.00000300. The van der Waals surface area contributed by atoms with Crippen LogP contribution in [-0.2, 0) is 0 Å². The molecule has 29 heavy (non-hydrogen) atoms. The van der Waals surface area contributed by atoms with Gasteiger partial charge in [0.15, 0.2) is 10.9 Å². The van der Waals surface area contributed by atoms with Gasteiger partial charge >= 0.3 is 5.88 Å². The van der Waals surface area contributed by atoms with Gasteiger partial charge in [0, 0.05) is 6.54 Å². The molecule has 0 atom stereocenters. The summed E-state index contributed by atoms with van der Waals surface area (Å²) in [4.78, 5) is 31.5. The van der Waals surface area contributed by atoms with Crippen molar-refractivity contribution in [2.75, 3.05) is 32.1 Å². The number of aryl methyl sites for hydroxylation is 2. The van der Waals surface area contributed by atoms with Gasteiger partial charge in [0.2, 0.25) is 0 Å². The summed E-state index contributed by atoms with van der Waals surface area (Å²) >= 11 is 1.43. The molecule has 0 aliphatic rings. The third kappa shape index (κ3) is 4.92. The lowest BCUT2D eigenvalue weighted by molar-refractivity contribution is -0.402. The summed E-state index contributed by atoms with van der Waals surface area (Å²) in [6, 6.07) is 6.56. The molecule has 1 amide bonds. The van der Waals surface area contributed by atoms with Crippen LogP contribution in [0.25, 0.3) is 10.2 Å². The molecule has 3 rings (SSSR count). The fourth-order valence-electron chi connectivity index (χ4n) is 2.83. The van der Waals surface area contributed by atoms with Gasteiger partial charge < -0.3 is 9.32 Å². The molecule has 10 heteroatoms. The van der Waals surface area contributed by atoms with Crippen molar-refractivity contribution in [3.63, 3.8) is 0 Å². The minimum Gasteiger partial charge on any atom is -0.395 e. The van der Waals surface area contributed by atoms with E-state index in [9.17, 15) is 14.9 Å². The number of furan rings is 1. The number of amides is 1. The maximum atomic E-state index is 13.0. The van der Waals surface area contributed by atoms with E-state index < -0.39 is 16.7 Å². The molecule has 2 aromatic heterocycles. The molecule has 8 nitrogen and oxygen atoms in total. The van der Waals surface area contributed by atoms with Gasteiger partial charge in [-0.25, -0.2) is 4.98 Å². The van der Waals surface area contributed by atoms with Gasteiger partial charge in [0.1, 0.15) is 4.92 Å². The van der Waals surface area contributed by atoms with Crippen LogP contribution in [0.2, 0.25) is 0 Å². The van der Waals surface area contributed by atoms with E-state index in [2.05, 4.69) is 0 Å². The topological polar surface area (TPSA) is 92.7 Å². The maximum absolute atomic E-state index is 13.0. The first-order valence-corrected chi connectivity index (χ1v) is 9.67. The molecule has 0 unspecified atom stereocenters.